The quantitative estimate of drug-likeness (QED) is 0.132. The highest BCUT2D eigenvalue weighted by molar-refractivity contribution is 4.98. The summed E-state index contributed by atoms with van der Waals surface area (Å²) in [6.45, 7) is 11.9. The van der Waals surface area contributed by atoms with Gasteiger partial charge in [-0.1, -0.05) is 150 Å². The van der Waals surface area contributed by atoms with Crippen LogP contribution in [-0.4, -0.2) is 29.1 Å². The second kappa shape index (κ2) is 21.8. The third-order valence-corrected chi connectivity index (χ3v) is 7.52. The van der Waals surface area contributed by atoms with E-state index in [4.69, 9.17) is 0 Å². The summed E-state index contributed by atoms with van der Waals surface area (Å²) < 4.78 is 0. The molecule has 0 amide bonds. The van der Waals surface area contributed by atoms with Gasteiger partial charge >= 0.3 is 0 Å². The van der Waals surface area contributed by atoms with Crippen molar-refractivity contribution in [3.05, 3.63) is 12.4 Å². The van der Waals surface area contributed by atoms with Crippen LogP contribution in [0.3, 0.4) is 0 Å². The number of unbranched alkanes of at least 4 members (excludes halogenated alkanes) is 19. The van der Waals surface area contributed by atoms with Gasteiger partial charge in [-0.3, -0.25) is 0 Å². The summed E-state index contributed by atoms with van der Waals surface area (Å²) in [5.74, 6) is 0.691. The highest BCUT2D eigenvalue weighted by Crippen LogP contribution is 2.24. The molecule has 33 heavy (non-hydrogen) atoms. The summed E-state index contributed by atoms with van der Waals surface area (Å²) in [4.78, 5) is 5.27. The maximum Gasteiger partial charge on any atom is 0.103 e. The molecule has 0 saturated carbocycles. The third-order valence-electron chi connectivity index (χ3n) is 7.52. The van der Waals surface area contributed by atoms with E-state index >= 15 is 0 Å². The Labute approximate surface area is 210 Å². The number of nitrogens with zero attached hydrogens (tertiary/aromatic N) is 2. The Morgan fingerprint density at radius 1 is 0.455 bits per heavy atom. The molecule has 0 aromatic rings. The van der Waals surface area contributed by atoms with E-state index in [9.17, 15) is 0 Å². The van der Waals surface area contributed by atoms with Crippen molar-refractivity contribution in [2.24, 2.45) is 5.92 Å². The lowest BCUT2D eigenvalue weighted by atomic mass is 10.0. The minimum Gasteiger partial charge on any atom is -0.356 e. The lowest BCUT2D eigenvalue weighted by Gasteiger charge is -2.36. The van der Waals surface area contributed by atoms with Crippen molar-refractivity contribution in [2.75, 3.05) is 13.1 Å². The average molecular weight is 463 g/mol. The first-order chi connectivity index (χ1) is 16.2. The van der Waals surface area contributed by atoms with E-state index in [0.717, 1.165) is 0 Å². The van der Waals surface area contributed by atoms with Crippen LogP contribution in [0.1, 0.15) is 163 Å². The Hall–Kier alpha value is -0.660. The van der Waals surface area contributed by atoms with Crippen LogP contribution in [0.25, 0.3) is 0 Å². The topological polar surface area (TPSA) is 6.48 Å². The number of hydrogen-bond acceptors (Lipinski definition) is 2. The van der Waals surface area contributed by atoms with Gasteiger partial charge in [0.2, 0.25) is 0 Å². The largest absolute Gasteiger partial charge is 0.356 e. The summed E-state index contributed by atoms with van der Waals surface area (Å²) in [7, 11) is 0. The van der Waals surface area contributed by atoms with Gasteiger partial charge in [-0.2, -0.15) is 0 Å². The fourth-order valence-electron chi connectivity index (χ4n) is 5.46. The van der Waals surface area contributed by atoms with Crippen molar-refractivity contribution in [1.29, 1.82) is 0 Å². The van der Waals surface area contributed by atoms with Crippen LogP contribution in [0.15, 0.2) is 12.4 Å². The van der Waals surface area contributed by atoms with Gasteiger partial charge in [0.15, 0.2) is 0 Å². The molecule has 0 spiro atoms. The molecule has 1 heterocycles. The Morgan fingerprint density at radius 3 is 1.00 bits per heavy atom. The van der Waals surface area contributed by atoms with Gasteiger partial charge in [0.05, 0.1) is 0 Å². The van der Waals surface area contributed by atoms with Crippen LogP contribution in [0.4, 0.5) is 0 Å². The lowest BCUT2D eigenvalue weighted by Crippen LogP contribution is -2.43. The fraction of sp³-hybridized carbons (Fsp3) is 0.935. The number of rotatable bonds is 24. The first-order valence-electron chi connectivity index (χ1n) is 15.4. The molecule has 1 atom stereocenters. The molecule has 0 bridgehead atoms. The Kier molecular flexibility index (Phi) is 20.1. The second-order valence-electron chi connectivity index (χ2n) is 11.1. The van der Waals surface area contributed by atoms with Gasteiger partial charge in [0.1, 0.15) is 6.17 Å². The van der Waals surface area contributed by atoms with Crippen molar-refractivity contribution >= 4 is 0 Å². The number of hydrogen-bond donors (Lipinski definition) is 0. The Balaban J connectivity index is 2.03. The molecule has 1 unspecified atom stereocenters. The molecule has 0 aromatic heterocycles. The smallest absolute Gasteiger partial charge is 0.103 e. The predicted octanol–water partition coefficient (Wildman–Crippen LogP) is 10.3. The normalized spacial score (nSPS) is 16.0. The summed E-state index contributed by atoms with van der Waals surface area (Å²) in [6, 6.07) is 0. The van der Waals surface area contributed by atoms with E-state index in [1.165, 1.54) is 148 Å². The molecule has 0 saturated heterocycles. The zero-order valence-electron chi connectivity index (χ0n) is 23.5. The van der Waals surface area contributed by atoms with E-state index in [-0.39, 0.29) is 0 Å². The highest BCUT2D eigenvalue weighted by atomic mass is 15.4. The first kappa shape index (κ1) is 30.4. The summed E-state index contributed by atoms with van der Waals surface area (Å²) in [6.07, 6.45) is 35.3. The van der Waals surface area contributed by atoms with E-state index in [1.54, 1.807) is 0 Å². The predicted molar refractivity (Wildman–Crippen MR) is 149 cm³/mol. The maximum absolute atomic E-state index is 2.63. The maximum atomic E-state index is 2.63. The van der Waals surface area contributed by atoms with Crippen LogP contribution < -0.4 is 0 Å². The molecule has 1 rings (SSSR count). The molecule has 0 aliphatic carbocycles. The minimum atomic E-state index is 0.590. The molecular weight excluding hydrogens is 400 g/mol. The SMILES string of the molecule is CCCCCCCCCCCCCCN1C=CN(CCCCCCCCCCC)C1C(C)C. The molecule has 0 N–H and O–H groups in total. The molecular formula is C31H62N2. The van der Waals surface area contributed by atoms with Gasteiger partial charge in [0.25, 0.3) is 0 Å². The van der Waals surface area contributed by atoms with Crippen LogP contribution >= 0.6 is 0 Å². The van der Waals surface area contributed by atoms with Crippen LogP contribution in [-0.2, 0) is 0 Å². The van der Waals surface area contributed by atoms with Gasteiger partial charge in [-0.05, 0) is 18.8 Å². The van der Waals surface area contributed by atoms with Gasteiger partial charge in [-0.15, -0.1) is 0 Å². The van der Waals surface area contributed by atoms with Crippen molar-refractivity contribution in [1.82, 2.24) is 9.80 Å². The zero-order valence-corrected chi connectivity index (χ0v) is 23.5. The Bertz CT molecular complexity index is 431. The van der Waals surface area contributed by atoms with E-state index in [2.05, 4.69) is 49.9 Å². The third kappa shape index (κ3) is 15.8. The average Bonchev–Trinajstić information content (AvgIpc) is 3.21. The molecule has 1 aliphatic heterocycles. The summed E-state index contributed by atoms with van der Waals surface area (Å²) in [5, 5.41) is 0. The first-order valence-corrected chi connectivity index (χ1v) is 15.4. The molecule has 2 heteroatoms. The van der Waals surface area contributed by atoms with Gasteiger partial charge in [-0.25, -0.2) is 0 Å². The van der Waals surface area contributed by atoms with Crippen molar-refractivity contribution < 1.29 is 0 Å². The molecule has 0 aromatic carbocycles. The molecule has 196 valence electrons. The fourth-order valence-corrected chi connectivity index (χ4v) is 5.46. The minimum absolute atomic E-state index is 0.590. The van der Waals surface area contributed by atoms with Crippen LogP contribution in [0.5, 0.6) is 0 Å². The van der Waals surface area contributed by atoms with Crippen LogP contribution in [0, 0.1) is 5.92 Å². The monoisotopic (exact) mass is 462 g/mol. The summed E-state index contributed by atoms with van der Waals surface area (Å²) in [5.41, 5.74) is 0. The van der Waals surface area contributed by atoms with E-state index in [1.807, 2.05) is 0 Å². The van der Waals surface area contributed by atoms with Crippen LogP contribution in [0.2, 0.25) is 0 Å². The van der Waals surface area contributed by atoms with Gasteiger partial charge in [0, 0.05) is 25.5 Å². The molecule has 0 fully saturated rings. The Morgan fingerprint density at radius 2 is 0.727 bits per heavy atom. The second-order valence-corrected chi connectivity index (χ2v) is 11.1. The standard InChI is InChI=1S/C31H62N2/c1-5-7-9-11-13-15-16-17-19-21-23-25-27-33-29-28-32(31(33)30(3)4)26-24-22-20-18-14-12-10-8-6-2/h28-31H,5-27H2,1-4H3. The van der Waals surface area contributed by atoms with Crippen molar-refractivity contribution in [3.8, 4) is 0 Å². The van der Waals surface area contributed by atoms with Crippen molar-refractivity contribution in [2.45, 2.75) is 169 Å². The van der Waals surface area contributed by atoms with E-state index in [0.29, 0.717) is 12.1 Å². The van der Waals surface area contributed by atoms with E-state index < -0.39 is 0 Å². The summed E-state index contributed by atoms with van der Waals surface area (Å²) >= 11 is 0. The highest BCUT2D eigenvalue weighted by Gasteiger charge is 2.28. The van der Waals surface area contributed by atoms with Crippen molar-refractivity contribution in [3.63, 3.8) is 0 Å². The van der Waals surface area contributed by atoms with Gasteiger partial charge < -0.3 is 9.80 Å². The zero-order chi connectivity index (χ0) is 24.0. The lowest BCUT2D eigenvalue weighted by molar-refractivity contribution is 0.104. The molecule has 0 radical (unpaired) electrons. The molecule has 1 aliphatic rings. The molecule has 2 nitrogen and oxygen atoms in total.